The molecule has 2 aliphatic heterocycles. The summed E-state index contributed by atoms with van der Waals surface area (Å²) in [5.74, 6) is -0.976. The highest BCUT2D eigenvalue weighted by molar-refractivity contribution is 6.30. The molecule has 1 N–H and O–H groups in total. The second-order valence-electron chi connectivity index (χ2n) is 10.6. The third-order valence-electron chi connectivity index (χ3n) is 7.43. The second kappa shape index (κ2) is 10.9. The van der Waals surface area contributed by atoms with Gasteiger partial charge in [-0.2, -0.15) is 13.2 Å². The molecule has 196 valence electrons. The number of piperidine rings is 2. The van der Waals surface area contributed by atoms with Crippen molar-refractivity contribution in [2.24, 2.45) is 5.41 Å². The van der Waals surface area contributed by atoms with E-state index in [1.54, 1.807) is 6.07 Å². The summed E-state index contributed by atoms with van der Waals surface area (Å²) in [4.78, 5) is 15.6. The van der Waals surface area contributed by atoms with Crippen LogP contribution in [-0.4, -0.2) is 59.3 Å². The number of hydrogen-bond acceptors (Lipinski definition) is 3. The minimum atomic E-state index is -4.26. The van der Waals surface area contributed by atoms with Crippen LogP contribution in [0.4, 0.5) is 13.2 Å². The zero-order valence-electron chi connectivity index (χ0n) is 20.1. The largest absolute Gasteiger partial charge is 0.481 e. The van der Waals surface area contributed by atoms with Crippen LogP contribution in [0.2, 0.25) is 10.0 Å². The monoisotopic (exact) mass is 542 g/mol. The van der Waals surface area contributed by atoms with Crippen LogP contribution in [0, 0.1) is 5.41 Å². The van der Waals surface area contributed by atoms with Gasteiger partial charge in [-0.25, -0.2) is 0 Å². The smallest absolute Gasteiger partial charge is 0.401 e. The summed E-state index contributed by atoms with van der Waals surface area (Å²) in [5, 5.41) is 10.9. The zero-order chi connectivity index (χ0) is 26.1. The zero-order valence-corrected chi connectivity index (χ0v) is 21.7. The maximum absolute atomic E-state index is 13.2. The summed E-state index contributed by atoms with van der Waals surface area (Å²) in [6, 6.07) is 14.9. The van der Waals surface area contributed by atoms with Gasteiger partial charge in [-0.15, -0.1) is 0 Å². The maximum atomic E-state index is 13.2. The molecule has 2 aromatic rings. The Labute approximate surface area is 220 Å². The normalized spacial score (nSPS) is 28.2. The predicted octanol–water partition coefficient (Wildman–Crippen LogP) is 7.03. The average molecular weight is 543 g/mol. The lowest BCUT2D eigenvalue weighted by atomic mass is 9.67. The number of likely N-dealkylation sites (tertiary alicyclic amines) is 2. The summed E-state index contributed by atoms with van der Waals surface area (Å²) >= 11 is 12.5. The van der Waals surface area contributed by atoms with Crippen molar-refractivity contribution in [3.8, 4) is 0 Å². The van der Waals surface area contributed by atoms with Gasteiger partial charge >= 0.3 is 12.1 Å². The molecule has 2 heterocycles. The van der Waals surface area contributed by atoms with Crippen molar-refractivity contribution in [1.29, 1.82) is 0 Å². The molecule has 9 heteroatoms. The van der Waals surface area contributed by atoms with Crippen LogP contribution in [0.15, 0.2) is 48.5 Å². The van der Waals surface area contributed by atoms with Crippen molar-refractivity contribution in [2.75, 3.05) is 26.2 Å². The minimum Gasteiger partial charge on any atom is -0.481 e. The fourth-order valence-electron chi connectivity index (χ4n) is 6.15. The highest BCUT2D eigenvalue weighted by Crippen LogP contribution is 2.51. The van der Waals surface area contributed by atoms with Crippen LogP contribution in [0.5, 0.6) is 0 Å². The van der Waals surface area contributed by atoms with Gasteiger partial charge in [0, 0.05) is 41.1 Å². The number of hydrogen-bond donors (Lipinski definition) is 1. The van der Waals surface area contributed by atoms with Crippen molar-refractivity contribution in [1.82, 2.24) is 9.80 Å². The molecule has 0 unspecified atom stereocenters. The first-order valence-electron chi connectivity index (χ1n) is 12.2. The third-order valence-corrected chi connectivity index (χ3v) is 7.92. The van der Waals surface area contributed by atoms with Crippen LogP contribution in [0.1, 0.15) is 55.7 Å². The highest BCUT2D eigenvalue weighted by atomic mass is 35.5. The number of aliphatic carboxylic acids is 1. The molecule has 2 aromatic carbocycles. The molecule has 4 nitrogen and oxygen atoms in total. The number of rotatable bonds is 6. The number of halogens is 5. The first-order chi connectivity index (χ1) is 16.9. The van der Waals surface area contributed by atoms with Gasteiger partial charge in [0.1, 0.15) is 0 Å². The number of alkyl halides is 3. The summed E-state index contributed by atoms with van der Waals surface area (Å²) < 4.78 is 39.7. The molecule has 0 spiro atoms. The van der Waals surface area contributed by atoms with E-state index in [-0.39, 0.29) is 31.0 Å². The standard InChI is InChI=1S/C27H31Cl2F3N2O2/c1-26(14-24(35)36)13-23(19-4-2-5-21(29)12-19)25(18-7-9-20(28)10-8-18)34(16-26)22-6-3-11-33(15-22)17-27(30,31)32/h2,4-5,7-10,12,22-23,25H,3,6,11,13-17H2,1H3,(H,35,36)/t22-,23-,25-,26-/m1/s1. The van der Waals surface area contributed by atoms with Gasteiger partial charge in [-0.05, 0) is 66.6 Å². The Bertz CT molecular complexity index is 1070. The van der Waals surface area contributed by atoms with E-state index in [4.69, 9.17) is 23.2 Å². The number of benzene rings is 2. The molecule has 0 bridgehead atoms. The molecule has 0 amide bonds. The maximum Gasteiger partial charge on any atom is 0.401 e. The van der Waals surface area contributed by atoms with E-state index < -0.39 is 24.1 Å². The Hall–Kier alpha value is -1.80. The van der Waals surface area contributed by atoms with E-state index in [1.807, 2.05) is 49.4 Å². The van der Waals surface area contributed by atoms with Crippen LogP contribution < -0.4 is 0 Å². The summed E-state index contributed by atoms with van der Waals surface area (Å²) in [5.41, 5.74) is 1.44. The average Bonchev–Trinajstić information content (AvgIpc) is 2.78. The van der Waals surface area contributed by atoms with E-state index >= 15 is 0 Å². The molecule has 0 aromatic heterocycles. The van der Waals surface area contributed by atoms with Crippen LogP contribution in [0.25, 0.3) is 0 Å². The molecular weight excluding hydrogens is 512 g/mol. The fraction of sp³-hybridized carbons (Fsp3) is 0.519. The minimum absolute atomic E-state index is 0.0209. The fourth-order valence-corrected chi connectivity index (χ4v) is 6.47. The highest BCUT2D eigenvalue weighted by Gasteiger charge is 2.47. The predicted molar refractivity (Wildman–Crippen MR) is 136 cm³/mol. The Morgan fingerprint density at radius 2 is 1.83 bits per heavy atom. The number of carboxylic acids is 1. The van der Waals surface area contributed by atoms with Crippen molar-refractivity contribution < 1.29 is 23.1 Å². The van der Waals surface area contributed by atoms with Crippen LogP contribution in [-0.2, 0) is 4.79 Å². The van der Waals surface area contributed by atoms with Gasteiger partial charge in [0.15, 0.2) is 0 Å². The second-order valence-corrected chi connectivity index (χ2v) is 11.4. The number of carbonyl (C=O) groups is 1. The van der Waals surface area contributed by atoms with E-state index in [1.165, 1.54) is 4.90 Å². The first-order valence-corrected chi connectivity index (χ1v) is 13.0. The molecule has 36 heavy (non-hydrogen) atoms. The van der Waals surface area contributed by atoms with Gasteiger partial charge in [0.2, 0.25) is 0 Å². The lowest BCUT2D eigenvalue weighted by Gasteiger charge is -2.54. The number of carboxylic acid groups (broad SMARTS) is 1. The Morgan fingerprint density at radius 3 is 2.47 bits per heavy atom. The molecule has 0 aliphatic carbocycles. The molecule has 0 saturated carbocycles. The topological polar surface area (TPSA) is 43.8 Å². The molecule has 2 saturated heterocycles. The Kier molecular flexibility index (Phi) is 8.25. The van der Waals surface area contributed by atoms with Gasteiger partial charge in [-0.1, -0.05) is 54.4 Å². The van der Waals surface area contributed by atoms with Crippen LogP contribution >= 0.6 is 23.2 Å². The summed E-state index contributed by atoms with van der Waals surface area (Å²) in [7, 11) is 0. The lowest BCUT2D eigenvalue weighted by molar-refractivity contribution is -0.153. The SMILES string of the molecule is C[C@]1(CC(=O)O)C[C@H](c2cccc(Cl)c2)[C@@H](c2ccc(Cl)cc2)N([C@@H]2CCCN(CC(F)(F)F)C2)C1. The van der Waals surface area contributed by atoms with E-state index in [9.17, 15) is 23.1 Å². The van der Waals surface area contributed by atoms with Gasteiger partial charge in [-0.3, -0.25) is 14.6 Å². The van der Waals surface area contributed by atoms with Crippen molar-refractivity contribution in [3.63, 3.8) is 0 Å². The van der Waals surface area contributed by atoms with Crippen molar-refractivity contribution >= 4 is 29.2 Å². The molecule has 4 rings (SSSR count). The van der Waals surface area contributed by atoms with E-state index in [0.29, 0.717) is 36.0 Å². The Balaban J connectivity index is 1.78. The quantitative estimate of drug-likeness (QED) is 0.425. The third kappa shape index (κ3) is 6.74. The van der Waals surface area contributed by atoms with Gasteiger partial charge in [0.25, 0.3) is 0 Å². The van der Waals surface area contributed by atoms with Gasteiger partial charge < -0.3 is 5.11 Å². The van der Waals surface area contributed by atoms with Crippen LogP contribution in [0.3, 0.4) is 0 Å². The van der Waals surface area contributed by atoms with E-state index in [0.717, 1.165) is 17.5 Å². The molecule has 2 fully saturated rings. The summed E-state index contributed by atoms with van der Waals surface area (Å²) in [6.45, 7) is 2.20. The Morgan fingerprint density at radius 1 is 1.11 bits per heavy atom. The van der Waals surface area contributed by atoms with E-state index in [2.05, 4.69) is 4.90 Å². The molecule has 0 radical (unpaired) electrons. The van der Waals surface area contributed by atoms with Crippen molar-refractivity contribution in [2.45, 2.75) is 56.8 Å². The summed E-state index contributed by atoms with van der Waals surface area (Å²) in [6.07, 6.45) is -2.26. The van der Waals surface area contributed by atoms with Gasteiger partial charge in [0.05, 0.1) is 13.0 Å². The number of nitrogens with zero attached hydrogens (tertiary/aromatic N) is 2. The first kappa shape index (κ1) is 27.2. The molecule has 4 atom stereocenters. The van der Waals surface area contributed by atoms with Crippen molar-refractivity contribution in [3.05, 3.63) is 69.7 Å². The lowest BCUT2D eigenvalue weighted by Crippen LogP contribution is -2.57. The molecule has 2 aliphatic rings. The molecular formula is C27H31Cl2F3N2O2.